The molecule has 1 nitrogen and oxygen atoms in total. The molecule has 1 aromatic rings. The fraction of sp³-hybridized carbons (Fsp3) is 0.200. The summed E-state index contributed by atoms with van der Waals surface area (Å²) in [6.45, 7) is 0.453. The lowest BCUT2D eigenvalue weighted by atomic mass is 10.0. The van der Waals surface area contributed by atoms with Gasteiger partial charge >= 0.3 is 6.18 Å². The molecule has 0 unspecified atom stereocenters. The molecule has 1 aliphatic rings. The van der Waals surface area contributed by atoms with Crippen LogP contribution in [0.3, 0.4) is 0 Å². The lowest BCUT2D eigenvalue weighted by Crippen LogP contribution is -2.09. The number of hydrogen-bond acceptors (Lipinski definition) is 1. The molecule has 0 spiro atoms. The summed E-state index contributed by atoms with van der Waals surface area (Å²) in [5.41, 5.74) is 7.59. The van der Waals surface area contributed by atoms with E-state index < -0.39 is 11.7 Å². The van der Waals surface area contributed by atoms with Crippen molar-refractivity contribution in [2.45, 2.75) is 19.1 Å². The van der Waals surface area contributed by atoms with Crippen molar-refractivity contribution < 1.29 is 13.2 Å². The number of alkyl halides is 3. The normalized spacial score (nSPS) is 15.8. The van der Waals surface area contributed by atoms with Gasteiger partial charge in [0.1, 0.15) is 0 Å². The molecular formula is C15H14F3N. The average Bonchev–Trinajstić information content (AvgIpc) is 2.64. The Morgan fingerprint density at radius 3 is 2.26 bits per heavy atom. The van der Waals surface area contributed by atoms with Crippen LogP contribution in [-0.4, -0.2) is 6.18 Å². The lowest BCUT2D eigenvalue weighted by molar-refractivity contribution is -0.0883. The monoisotopic (exact) mass is 265 g/mol. The molecule has 4 heteroatoms. The molecule has 0 atom stereocenters. The zero-order valence-corrected chi connectivity index (χ0v) is 10.2. The maximum atomic E-state index is 12.6. The van der Waals surface area contributed by atoms with Crippen molar-refractivity contribution in [2.24, 2.45) is 5.73 Å². The van der Waals surface area contributed by atoms with Gasteiger partial charge in [-0.3, -0.25) is 0 Å². The van der Waals surface area contributed by atoms with E-state index >= 15 is 0 Å². The number of rotatable bonds is 2. The van der Waals surface area contributed by atoms with Gasteiger partial charge in [-0.25, -0.2) is 0 Å². The summed E-state index contributed by atoms with van der Waals surface area (Å²) < 4.78 is 37.8. The van der Waals surface area contributed by atoms with Crippen molar-refractivity contribution >= 4 is 5.57 Å². The molecule has 2 rings (SSSR count). The third-order valence-corrected chi connectivity index (χ3v) is 2.97. The molecule has 0 saturated heterocycles. The minimum absolute atomic E-state index is 0.274. The minimum atomic E-state index is -4.29. The van der Waals surface area contributed by atoms with E-state index in [9.17, 15) is 13.2 Å². The van der Waals surface area contributed by atoms with Gasteiger partial charge in [0.25, 0.3) is 0 Å². The van der Waals surface area contributed by atoms with Gasteiger partial charge in [0.15, 0.2) is 0 Å². The first-order valence-electron chi connectivity index (χ1n) is 5.95. The molecule has 1 aromatic carbocycles. The Morgan fingerprint density at radius 1 is 1.00 bits per heavy atom. The highest BCUT2D eigenvalue weighted by atomic mass is 19.4. The Labute approximate surface area is 109 Å². The Hall–Kier alpha value is -1.81. The highest BCUT2D eigenvalue weighted by Crippen LogP contribution is 2.30. The number of benzene rings is 1. The van der Waals surface area contributed by atoms with Crippen LogP contribution in [0.5, 0.6) is 0 Å². The van der Waals surface area contributed by atoms with Gasteiger partial charge in [-0.15, -0.1) is 0 Å². The molecule has 0 heterocycles. The van der Waals surface area contributed by atoms with E-state index in [-0.39, 0.29) is 6.42 Å². The summed E-state index contributed by atoms with van der Waals surface area (Å²) in [6, 6.07) is 7.51. The van der Waals surface area contributed by atoms with Crippen LogP contribution in [0.1, 0.15) is 17.5 Å². The molecule has 0 aromatic heterocycles. The highest BCUT2D eigenvalue weighted by molar-refractivity contribution is 5.75. The molecule has 0 aliphatic heterocycles. The van der Waals surface area contributed by atoms with Crippen LogP contribution in [0, 0.1) is 0 Å². The van der Waals surface area contributed by atoms with Crippen molar-refractivity contribution in [3.63, 3.8) is 0 Å². The van der Waals surface area contributed by atoms with Crippen LogP contribution < -0.4 is 5.73 Å². The molecule has 0 amide bonds. The average molecular weight is 265 g/mol. The molecule has 0 saturated carbocycles. The summed E-state index contributed by atoms with van der Waals surface area (Å²) in [6.07, 6.45) is 1.59. The predicted octanol–water partition coefficient (Wildman–Crippen LogP) is 3.98. The zero-order valence-electron chi connectivity index (χ0n) is 10.2. The maximum absolute atomic E-state index is 12.6. The fourth-order valence-electron chi connectivity index (χ4n) is 1.89. The van der Waals surface area contributed by atoms with Crippen molar-refractivity contribution in [1.82, 2.24) is 0 Å². The summed E-state index contributed by atoms with van der Waals surface area (Å²) in [4.78, 5) is 0. The minimum Gasteiger partial charge on any atom is -0.326 e. The largest absolute Gasteiger partial charge is 0.416 e. The van der Waals surface area contributed by atoms with Crippen molar-refractivity contribution in [3.05, 3.63) is 65.3 Å². The molecule has 1 aliphatic carbocycles. The standard InChI is InChI=1S/C15H14F3N/c16-15(17,18)14-3-1-2-12(8-9-14)13-6-4-11(10-19)5-7-13/h2-9H,1,10,19H2. The summed E-state index contributed by atoms with van der Waals surface area (Å²) in [5.74, 6) is 0. The number of allylic oxidation sites excluding steroid dienone is 6. The molecule has 2 N–H and O–H groups in total. The molecule has 0 fully saturated rings. The van der Waals surface area contributed by atoms with Crippen LogP contribution in [0.2, 0.25) is 0 Å². The van der Waals surface area contributed by atoms with Gasteiger partial charge in [0, 0.05) is 6.54 Å². The van der Waals surface area contributed by atoms with E-state index in [1.54, 1.807) is 6.08 Å². The van der Waals surface area contributed by atoms with E-state index in [4.69, 9.17) is 5.73 Å². The number of halogens is 3. The van der Waals surface area contributed by atoms with Crippen molar-refractivity contribution in [3.8, 4) is 0 Å². The van der Waals surface area contributed by atoms with Gasteiger partial charge in [-0.1, -0.05) is 42.5 Å². The van der Waals surface area contributed by atoms with Gasteiger partial charge in [-0.2, -0.15) is 13.2 Å². The van der Waals surface area contributed by atoms with Gasteiger partial charge in [0.05, 0.1) is 5.57 Å². The first-order chi connectivity index (χ1) is 9.00. The van der Waals surface area contributed by atoms with E-state index in [0.29, 0.717) is 6.54 Å². The third kappa shape index (κ3) is 3.35. The molecule has 100 valence electrons. The van der Waals surface area contributed by atoms with Gasteiger partial charge in [-0.05, 0) is 29.2 Å². The van der Waals surface area contributed by atoms with Crippen LogP contribution in [-0.2, 0) is 6.54 Å². The smallest absolute Gasteiger partial charge is 0.326 e. The van der Waals surface area contributed by atoms with Crippen LogP contribution in [0.4, 0.5) is 13.2 Å². The van der Waals surface area contributed by atoms with Crippen molar-refractivity contribution in [2.75, 3.05) is 0 Å². The van der Waals surface area contributed by atoms with E-state index in [0.717, 1.165) is 22.8 Å². The number of nitrogens with two attached hydrogens (primary N) is 1. The summed E-state index contributed by atoms with van der Waals surface area (Å²) in [5, 5.41) is 0. The predicted molar refractivity (Wildman–Crippen MR) is 70.2 cm³/mol. The number of hydrogen-bond donors (Lipinski definition) is 1. The first kappa shape index (κ1) is 13.6. The zero-order chi connectivity index (χ0) is 13.9. The second-order valence-corrected chi connectivity index (χ2v) is 4.29. The van der Waals surface area contributed by atoms with E-state index in [2.05, 4.69) is 0 Å². The first-order valence-corrected chi connectivity index (χ1v) is 5.95. The van der Waals surface area contributed by atoms with Crippen LogP contribution >= 0.6 is 0 Å². The SMILES string of the molecule is NCc1ccc(C2=CCC=C(C(F)(F)F)C=C2)cc1. The highest BCUT2D eigenvalue weighted by Gasteiger charge is 2.31. The Bertz CT molecular complexity index is 534. The maximum Gasteiger partial charge on any atom is 0.416 e. The van der Waals surface area contributed by atoms with E-state index in [1.807, 2.05) is 24.3 Å². The Kier molecular flexibility index (Phi) is 3.90. The van der Waals surface area contributed by atoms with Crippen LogP contribution in [0.25, 0.3) is 5.57 Å². The summed E-state index contributed by atoms with van der Waals surface area (Å²) in [7, 11) is 0. The van der Waals surface area contributed by atoms with Gasteiger partial charge in [0.2, 0.25) is 0 Å². The quantitative estimate of drug-likeness (QED) is 0.860. The van der Waals surface area contributed by atoms with Crippen molar-refractivity contribution in [1.29, 1.82) is 0 Å². The second-order valence-electron chi connectivity index (χ2n) is 4.29. The summed E-state index contributed by atoms with van der Waals surface area (Å²) >= 11 is 0. The van der Waals surface area contributed by atoms with Gasteiger partial charge < -0.3 is 5.73 Å². The topological polar surface area (TPSA) is 26.0 Å². The van der Waals surface area contributed by atoms with Crippen LogP contribution in [0.15, 0.2) is 54.1 Å². The van der Waals surface area contributed by atoms with E-state index in [1.165, 1.54) is 12.2 Å². The molecule has 19 heavy (non-hydrogen) atoms. The lowest BCUT2D eigenvalue weighted by Gasteiger charge is -2.06. The Balaban J connectivity index is 2.22. The molecular weight excluding hydrogens is 251 g/mol. The Morgan fingerprint density at radius 2 is 1.68 bits per heavy atom. The second kappa shape index (κ2) is 5.45. The fourth-order valence-corrected chi connectivity index (χ4v) is 1.89. The molecule has 0 bridgehead atoms. The third-order valence-electron chi connectivity index (χ3n) is 2.97. The molecule has 0 radical (unpaired) electrons.